The molecule has 0 aliphatic heterocycles. The normalized spacial score (nSPS) is 18.6. The van der Waals surface area contributed by atoms with E-state index < -0.39 is 63.0 Å². The van der Waals surface area contributed by atoms with E-state index in [1.807, 2.05) is 45.0 Å². The Kier molecular flexibility index (Phi) is 15.1. The molecule has 0 radical (unpaired) electrons. The fraction of sp³-hybridized carbons (Fsp3) is 0.675. The number of nitrogens with one attached hydrogen (secondary N) is 4. The summed E-state index contributed by atoms with van der Waals surface area (Å²) in [4.78, 5) is 69.7. The number of sulfone groups is 1. The average molecular weight is 756 g/mol. The standard InChI is InChI=1S/C40H61N5O7S/c1-6-20-41-37(48)35(46)33(23-29-15-16-29)42-36(47)28(5)45(21-7-2)38(49)34(32-24-30-13-9-10-14-31(30)25-32)43-39(50)44-40(18-11-8-12-19-40)26-53(51,52)22-17-27(3)4/h6,9-10,13-14,27-29,32-34H,1,7-8,11-12,15-26H2,2-5H3,(H,41,48)(H,42,47)(H2,43,44,50)/t28-,33?,34-/m0/s1. The number of nitrogens with zero attached hydrogens (tertiary/aromatic N) is 1. The van der Waals surface area contributed by atoms with Crippen molar-refractivity contribution >= 4 is 39.4 Å². The molecule has 1 unspecified atom stereocenters. The van der Waals surface area contributed by atoms with Crippen molar-refractivity contribution in [2.24, 2.45) is 17.8 Å². The average Bonchev–Trinajstić information content (AvgIpc) is 3.84. The van der Waals surface area contributed by atoms with Crippen molar-refractivity contribution in [3.8, 4) is 0 Å². The molecule has 0 spiro atoms. The van der Waals surface area contributed by atoms with E-state index in [-0.39, 0.29) is 42.3 Å². The second-order valence-electron chi connectivity index (χ2n) is 15.9. The molecule has 4 rings (SSSR count). The van der Waals surface area contributed by atoms with Crippen molar-refractivity contribution in [1.82, 2.24) is 26.2 Å². The Morgan fingerprint density at radius 2 is 1.62 bits per heavy atom. The Hall–Kier alpha value is -3.74. The number of benzene rings is 1. The minimum atomic E-state index is -3.46. The zero-order valence-corrected chi connectivity index (χ0v) is 32.9. The number of carbonyl (C=O) groups excluding carboxylic acids is 5. The minimum absolute atomic E-state index is 0.0513. The number of urea groups is 1. The summed E-state index contributed by atoms with van der Waals surface area (Å²) in [5.41, 5.74) is 1.23. The molecule has 0 bridgehead atoms. The summed E-state index contributed by atoms with van der Waals surface area (Å²) < 4.78 is 26.6. The molecule has 13 heteroatoms. The minimum Gasteiger partial charge on any atom is -0.346 e. The van der Waals surface area contributed by atoms with Crippen LogP contribution in [0.3, 0.4) is 0 Å². The second-order valence-corrected chi connectivity index (χ2v) is 18.1. The maximum Gasteiger partial charge on any atom is 0.315 e. The first kappa shape index (κ1) is 42.0. The molecule has 0 heterocycles. The Morgan fingerprint density at radius 3 is 2.19 bits per heavy atom. The Bertz CT molecular complexity index is 1560. The van der Waals surface area contributed by atoms with Crippen molar-refractivity contribution in [3.63, 3.8) is 0 Å². The predicted octanol–water partition coefficient (Wildman–Crippen LogP) is 4.02. The number of rotatable bonds is 20. The first-order chi connectivity index (χ1) is 25.2. The van der Waals surface area contributed by atoms with Gasteiger partial charge < -0.3 is 26.2 Å². The van der Waals surface area contributed by atoms with Gasteiger partial charge in [0.1, 0.15) is 12.1 Å². The van der Waals surface area contributed by atoms with Crippen LogP contribution in [0.1, 0.15) is 103 Å². The Balaban J connectivity index is 1.57. The van der Waals surface area contributed by atoms with Crippen molar-refractivity contribution < 1.29 is 32.4 Å². The number of Topliss-reactive ketones (excluding diaryl/α,β-unsaturated/α-hetero) is 1. The van der Waals surface area contributed by atoms with Crippen LogP contribution in [0.4, 0.5) is 4.79 Å². The highest BCUT2D eigenvalue weighted by molar-refractivity contribution is 7.91. The third kappa shape index (κ3) is 12.1. The lowest BCUT2D eigenvalue weighted by molar-refractivity contribution is -0.144. The van der Waals surface area contributed by atoms with Gasteiger partial charge in [0.05, 0.1) is 23.1 Å². The van der Waals surface area contributed by atoms with E-state index in [4.69, 9.17) is 0 Å². The van der Waals surface area contributed by atoms with E-state index in [0.717, 1.165) is 43.2 Å². The van der Waals surface area contributed by atoms with Gasteiger partial charge in [-0.25, -0.2) is 13.2 Å². The highest BCUT2D eigenvalue weighted by Gasteiger charge is 2.43. The van der Waals surface area contributed by atoms with Gasteiger partial charge in [0, 0.05) is 13.1 Å². The van der Waals surface area contributed by atoms with Gasteiger partial charge in [0.15, 0.2) is 9.84 Å². The number of hydrogen-bond donors (Lipinski definition) is 4. The second kappa shape index (κ2) is 19.0. The molecule has 294 valence electrons. The van der Waals surface area contributed by atoms with Gasteiger partial charge in [-0.1, -0.05) is 83.2 Å². The number of carbonyl (C=O) groups is 5. The monoisotopic (exact) mass is 755 g/mol. The van der Waals surface area contributed by atoms with Crippen molar-refractivity contribution in [2.75, 3.05) is 24.6 Å². The molecule has 5 amide bonds. The molecular formula is C40H61N5O7S. The summed E-state index contributed by atoms with van der Waals surface area (Å²) in [7, 11) is -3.46. The van der Waals surface area contributed by atoms with Gasteiger partial charge in [-0.05, 0) is 80.8 Å². The first-order valence-electron chi connectivity index (χ1n) is 19.6. The van der Waals surface area contributed by atoms with E-state index in [2.05, 4.69) is 27.8 Å². The van der Waals surface area contributed by atoms with Crippen LogP contribution in [0.2, 0.25) is 0 Å². The molecule has 3 atom stereocenters. The molecule has 1 aromatic rings. The van der Waals surface area contributed by atoms with Crippen LogP contribution in [0.25, 0.3) is 0 Å². The molecule has 3 aliphatic carbocycles. The lowest BCUT2D eigenvalue weighted by atomic mass is 9.83. The molecule has 2 saturated carbocycles. The zero-order valence-electron chi connectivity index (χ0n) is 32.1. The van der Waals surface area contributed by atoms with E-state index in [0.29, 0.717) is 44.9 Å². The van der Waals surface area contributed by atoms with Crippen LogP contribution < -0.4 is 21.3 Å². The fourth-order valence-electron chi connectivity index (χ4n) is 7.75. The maximum atomic E-state index is 14.7. The summed E-state index contributed by atoms with van der Waals surface area (Å²) in [5, 5.41) is 11.3. The van der Waals surface area contributed by atoms with Crippen LogP contribution in [0, 0.1) is 17.8 Å². The number of amides is 5. The molecule has 2 fully saturated rings. The summed E-state index contributed by atoms with van der Waals surface area (Å²) in [6.07, 6.45) is 9.36. The van der Waals surface area contributed by atoms with E-state index in [1.165, 1.54) is 11.0 Å². The predicted molar refractivity (Wildman–Crippen MR) is 206 cm³/mol. The Morgan fingerprint density at radius 1 is 0.981 bits per heavy atom. The van der Waals surface area contributed by atoms with Gasteiger partial charge in [0.2, 0.25) is 17.6 Å². The van der Waals surface area contributed by atoms with Crippen LogP contribution in [-0.2, 0) is 41.9 Å². The van der Waals surface area contributed by atoms with Crippen molar-refractivity contribution in [2.45, 2.75) is 128 Å². The first-order valence-corrected chi connectivity index (χ1v) is 21.4. The third-order valence-corrected chi connectivity index (χ3v) is 12.8. The molecule has 53 heavy (non-hydrogen) atoms. The number of fused-ring (bicyclic) bond motifs is 1. The summed E-state index contributed by atoms with van der Waals surface area (Å²) in [6, 6.07) is 4.24. The van der Waals surface area contributed by atoms with Gasteiger partial charge in [-0.3, -0.25) is 19.2 Å². The van der Waals surface area contributed by atoms with Crippen LogP contribution >= 0.6 is 0 Å². The van der Waals surface area contributed by atoms with Gasteiger partial charge in [-0.15, -0.1) is 6.58 Å². The summed E-state index contributed by atoms with van der Waals surface area (Å²) in [5.74, 6) is -2.49. The van der Waals surface area contributed by atoms with Crippen LogP contribution in [-0.4, -0.2) is 91.1 Å². The lowest BCUT2D eigenvalue weighted by Gasteiger charge is -2.39. The van der Waals surface area contributed by atoms with Crippen molar-refractivity contribution in [1.29, 1.82) is 0 Å². The summed E-state index contributed by atoms with van der Waals surface area (Å²) in [6.45, 7) is 11.4. The molecule has 4 N–H and O–H groups in total. The number of ketones is 1. The lowest BCUT2D eigenvalue weighted by Crippen LogP contribution is -2.63. The molecule has 0 aromatic heterocycles. The topological polar surface area (TPSA) is 171 Å². The third-order valence-electron chi connectivity index (χ3n) is 10.9. The molecule has 12 nitrogen and oxygen atoms in total. The molecule has 1 aromatic carbocycles. The Labute approximate surface area is 316 Å². The molecular weight excluding hydrogens is 695 g/mol. The van der Waals surface area contributed by atoms with E-state index in [9.17, 15) is 32.4 Å². The van der Waals surface area contributed by atoms with Gasteiger partial charge >= 0.3 is 6.03 Å². The largest absolute Gasteiger partial charge is 0.346 e. The smallest absolute Gasteiger partial charge is 0.315 e. The quantitative estimate of drug-likeness (QED) is 0.115. The zero-order chi connectivity index (χ0) is 38.8. The summed E-state index contributed by atoms with van der Waals surface area (Å²) >= 11 is 0. The molecule has 3 aliphatic rings. The van der Waals surface area contributed by atoms with Crippen LogP contribution in [0.5, 0.6) is 0 Å². The number of hydrogen-bond acceptors (Lipinski definition) is 7. The van der Waals surface area contributed by atoms with Gasteiger partial charge in [-0.2, -0.15) is 0 Å². The van der Waals surface area contributed by atoms with Crippen LogP contribution in [0.15, 0.2) is 36.9 Å². The fourth-order valence-corrected chi connectivity index (χ4v) is 9.92. The molecule has 0 saturated heterocycles. The SMILES string of the molecule is C=CCNC(=O)C(=O)C(CC1CC1)NC(=O)[C@H](C)N(CCC)C(=O)[C@@H](NC(=O)NC1(CS(=O)(=O)CCC(C)C)CCCCC1)C1Cc2ccccc2C1. The van der Waals surface area contributed by atoms with Crippen molar-refractivity contribution in [3.05, 3.63) is 48.0 Å². The van der Waals surface area contributed by atoms with E-state index in [1.54, 1.807) is 6.92 Å². The van der Waals surface area contributed by atoms with E-state index >= 15 is 0 Å². The van der Waals surface area contributed by atoms with Gasteiger partial charge in [0.25, 0.3) is 5.91 Å². The maximum absolute atomic E-state index is 14.7. The highest BCUT2D eigenvalue weighted by Crippen LogP contribution is 2.34. The highest BCUT2D eigenvalue weighted by atomic mass is 32.2.